The first-order valence-corrected chi connectivity index (χ1v) is 7.00. The van der Waals surface area contributed by atoms with Crippen LogP contribution in [0.3, 0.4) is 0 Å². The van der Waals surface area contributed by atoms with Crippen molar-refractivity contribution in [3.63, 3.8) is 0 Å². The van der Waals surface area contributed by atoms with Gasteiger partial charge in [-0.1, -0.05) is 18.2 Å². The van der Waals surface area contributed by atoms with Crippen LogP contribution in [0.5, 0.6) is 5.75 Å². The number of carbonyl (C=O) groups excluding carboxylic acids is 1. The highest BCUT2D eigenvalue weighted by molar-refractivity contribution is 5.94. The highest BCUT2D eigenvalue weighted by Gasteiger charge is 2.03. The van der Waals surface area contributed by atoms with Crippen LogP contribution < -0.4 is 15.4 Å². The van der Waals surface area contributed by atoms with Crippen LogP contribution in [-0.4, -0.2) is 19.6 Å². The number of nitrogens with one attached hydrogen (secondary N) is 2. The van der Waals surface area contributed by atoms with Crippen molar-refractivity contribution in [2.45, 2.75) is 13.5 Å². The third kappa shape index (κ3) is 4.24. The summed E-state index contributed by atoms with van der Waals surface area (Å²) in [6.45, 7) is 3.34. The number of hydrogen-bond acceptors (Lipinski definition) is 3. The largest absolute Gasteiger partial charge is 0.494 e. The molecule has 0 heterocycles. The Hall–Kier alpha value is -2.49. The van der Waals surface area contributed by atoms with Crippen LogP contribution in [0.25, 0.3) is 0 Å². The van der Waals surface area contributed by atoms with Crippen molar-refractivity contribution >= 4 is 11.6 Å². The first-order valence-electron chi connectivity index (χ1n) is 7.00. The molecule has 0 saturated heterocycles. The molecule has 0 unspecified atom stereocenters. The van der Waals surface area contributed by atoms with Gasteiger partial charge in [0.2, 0.25) is 0 Å². The number of benzene rings is 2. The lowest BCUT2D eigenvalue weighted by molar-refractivity contribution is 0.0963. The van der Waals surface area contributed by atoms with E-state index in [9.17, 15) is 4.79 Å². The highest BCUT2D eigenvalue weighted by atomic mass is 16.5. The van der Waals surface area contributed by atoms with Gasteiger partial charge in [0.15, 0.2) is 0 Å². The summed E-state index contributed by atoms with van der Waals surface area (Å²) in [6, 6.07) is 15.4. The van der Waals surface area contributed by atoms with Crippen LogP contribution in [-0.2, 0) is 6.54 Å². The highest BCUT2D eigenvalue weighted by Crippen LogP contribution is 2.15. The molecule has 0 atom stereocenters. The van der Waals surface area contributed by atoms with E-state index in [1.165, 1.54) is 0 Å². The molecule has 110 valence electrons. The van der Waals surface area contributed by atoms with Crippen LogP contribution in [0.2, 0.25) is 0 Å². The first-order chi connectivity index (χ1) is 10.2. The standard InChI is InChI=1S/C17H20N2O2/c1-3-21-16-9-7-13(8-10-16)12-19-15-6-4-5-14(11-15)17(20)18-2/h4-11,19H,3,12H2,1-2H3,(H,18,20). The molecule has 0 bridgehead atoms. The Kier molecular flexibility index (Phi) is 5.21. The first kappa shape index (κ1) is 14.9. The Bertz CT molecular complexity index is 594. The second-order valence-electron chi connectivity index (χ2n) is 4.59. The van der Waals surface area contributed by atoms with Gasteiger partial charge >= 0.3 is 0 Å². The maximum atomic E-state index is 11.6. The second-order valence-corrected chi connectivity index (χ2v) is 4.59. The van der Waals surface area contributed by atoms with Crippen molar-refractivity contribution in [2.75, 3.05) is 19.0 Å². The normalized spacial score (nSPS) is 10.0. The Balaban J connectivity index is 1.97. The number of rotatable bonds is 6. The number of anilines is 1. The van der Waals surface area contributed by atoms with Crippen LogP contribution in [0, 0.1) is 0 Å². The molecule has 2 aromatic carbocycles. The van der Waals surface area contributed by atoms with E-state index in [1.54, 1.807) is 13.1 Å². The molecule has 21 heavy (non-hydrogen) atoms. The van der Waals surface area contributed by atoms with Gasteiger partial charge in [0, 0.05) is 24.8 Å². The van der Waals surface area contributed by atoms with E-state index in [1.807, 2.05) is 49.4 Å². The molecule has 0 aliphatic carbocycles. The summed E-state index contributed by atoms with van der Waals surface area (Å²) in [7, 11) is 1.63. The van der Waals surface area contributed by atoms with Gasteiger partial charge in [0.1, 0.15) is 5.75 Å². The Morgan fingerprint density at radius 1 is 1.14 bits per heavy atom. The lowest BCUT2D eigenvalue weighted by Crippen LogP contribution is -2.17. The maximum Gasteiger partial charge on any atom is 0.251 e. The minimum absolute atomic E-state index is 0.0836. The van der Waals surface area contributed by atoms with Crippen molar-refractivity contribution in [2.24, 2.45) is 0 Å². The number of hydrogen-bond donors (Lipinski definition) is 2. The Morgan fingerprint density at radius 3 is 2.57 bits per heavy atom. The molecular formula is C17H20N2O2. The molecular weight excluding hydrogens is 264 g/mol. The zero-order valence-corrected chi connectivity index (χ0v) is 12.3. The van der Waals surface area contributed by atoms with E-state index in [0.29, 0.717) is 18.7 Å². The fourth-order valence-corrected chi connectivity index (χ4v) is 1.99. The number of carbonyl (C=O) groups is 1. The average molecular weight is 284 g/mol. The summed E-state index contributed by atoms with van der Waals surface area (Å²) in [4.78, 5) is 11.6. The van der Waals surface area contributed by atoms with E-state index in [2.05, 4.69) is 10.6 Å². The fraction of sp³-hybridized carbons (Fsp3) is 0.235. The van der Waals surface area contributed by atoms with Gasteiger partial charge < -0.3 is 15.4 Å². The molecule has 2 N–H and O–H groups in total. The van der Waals surface area contributed by atoms with Crippen molar-refractivity contribution in [3.8, 4) is 5.75 Å². The summed E-state index contributed by atoms with van der Waals surface area (Å²) >= 11 is 0. The lowest BCUT2D eigenvalue weighted by Gasteiger charge is -2.09. The zero-order chi connectivity index (χ0) is 15.1. The summed E-state index contributed by atoms with van der Waals surface area (Å²) < 4.78 is 5.41. The SMILES string of the molecule is CCOc1ccc(CNc2cccc(C(=O)NC)c2)cc1. The van der Waals surface area contributed by atoms with Gasteiger partial charge in [0.05, 0.1) is 6.61 Å². The van der Waals surface area contributed by atoms with Crippen molar-refractivity contribution in [1.82, 2.24) is 5.32 Å². The Labute approximate surface area is 125 Å². The smallest absolute Gasteiger partial charge is 0.251 e. The van der Waals surface area contributed by atoms with Crippen molar-refractivity contribution < 1.29 is 9.53 Å². The summed E-state index contributed by atoms with van der Waals surface area (Å²) in [5.74, 6) is 0.794. The van der Waals surface area contributed by atoms with Gasteiger partial charge in [-0.3, -0.25) is 4.79 Å². The minimum Gasteiger partial charge on any atom is -0.494 e. The molecule has 0 radical (unpaired) electrons. The van der Waals surface area contributed by atoms with Crippen molar-refractivity contribution in [1.29, 1.82) is 0 Å². The van der Waals surface area contributed by atoms with Crippen molar-refractivity contribution in [3.05, 3.63) is 59.7 Å². The van der Waals surface area contributed by atoms with Crippen LogP contribution >= 0.6 is 0 Å². The second kappa shape index (κ2) is 7.33. The molecule has 4 heteroatoms. The van der Waals surface area contributed by atoms with Gasteiger partial charge in [-0.2, -0.15) is 0 Å². The van der Waals surface area contributed by atoms with E-state index in [4.69, 9.17) is 4.74 Å². The monoisotopic (exact) mass is 284 g/mol. The van der Waals surface area contributed by atoms with Crippen LogP contribution in [0.15, 0.2) is 48.5 Å². The summed E-state index contributed by atoms with van der Waals surface area (Å²) in [5, 5.41) is 5.93. The molecule has 1 amide bonds. The molecule has 2 aromatic rings. The molecule has 4 nitrogen and oxygen atoms in total. The quantitative estimate of drug-likeness (QED) is 0.857. The fourth-order valence-electron chi connectivity index (χ4n) is 1.99. The predicted molar refractivity (Wildman–Crippen MR) is 84.8 cm³/mol. The number of ether oxygens (including phenoxy) is 1. The molecule has 0 aliphatic heterocycles. The zero-order valence-electron chi connectivity index (χ0n) is 12.3. The third-order valence-corrected chi connectivity index (χ3v) is 3.08. The molecule has 0 aliphatic rings. The van der Waals surface area contributed by atoms with E-state index in [0.717, 1.165) is 17.0 Å². The molecule has 0 saturated carbocycles. The molecule has 0 spiro atoms. The molecule has 2 rings (SSSR count). The van der Waals surface area contributed by atoms with Gasteiger partial charge in [-0.05, 0) is 42.8 Å². The average Bonchev–Trinajstić information content (AvgIpc) is 2.54. The Morgan fingerprint density at radius 2 is 1.90 bits per heavy atom. The topological polar surface area (TPSA) is 50.4 Å². The number of amides is 1. The maximum absolute atomic E-state index is 11.6. The van der Waals surface area contributed by atoms with Gasteiger partial charge in [-0.25, -0.2) is 0 Å². The van der Waals surface area contributed by atoms with Gasteiger partial charge in [-0.15, -0.1) is 0 Å². The minimum atomic E-state index is -0.0836. The van der Waals surface area contributed by atoms with Gasteiger partial charge in [0.25, 0.3) is 5.91 Å². The van der Waals surface area contributed by atoms with E-state index < -0.39 is 0 Å². The van der Waals surface area contributed by atoms with Crippen LogP contribution in [0.4, 0.5) is 5.69 Å². The summed E-state index contributed by atoms with van der Waals surface area (Å²) in [6.07, 6.45) is 0. The molecule has 0 aromatic heterocycles. The predicted octanol–water partition coefficient (Wildman–Crippen LogP) is 3.06. The van der Waals surface area contributed by atoms with E-state index in [-0.39, 0.29) is 5.91 Å². The molecule has 0 fully saturated rings. The lowest BCUT2D eigenvalue weighted by atomic mass is 10.1. The third-order valence-electron chi connectivity index (χ3n) is 3.08. The van der Waals surface area contributed by atoms with E-state index >= 15 is 0 Å². The van der Waals surface area contributed by atoms with Crippen LogP contribution in [0.1, 0.15) is 22.8 Å². The summed E-state index contributed by atoms with van der Waals surface area (Å²) in [5.41, 5.74) is 2.72.